The van der Waals surface area contributed by atoms with Crippen molar-refractivity contribution < 1.29 is 33.4 Å². The number of allylic oxidation sites excluding steroid dienone is 2. The maximum absolute atomic E-state index is 14.1. The van der Waals surface area contributed by atoms with E-state index in [0.29, 0.717) is 57.9 Å². The van der Waals surface area contributed by atoms with E-state index in [-0.39, 0.29) is 11.6 Å². The molecule has 0 saturated carbocycles. The van der Waals surface area contributed by atoms with Gasteiger partial charge in [0.05, 0.1) is 11.4 Å². The Bertz CT molecular complexity index is 2330. The normalized spacial score (nSPS) is 12.5. The minimum Gasteiger partial charge on any atom is -0.422 e. The first-order valence-electron chi connectivity index (χ1n) is 20.0. The Balaban J connectivity index is 1.12. The van der Waals surface area contributed by atoms with Gasteiger partial charge < -0.3 is 18.6 Å². The predicted octanol–water partition coefficient (Wildman–Crippen LogP) is 10.4. The van der Waals surface area contributed by atoms with Gasteiger partial charge in [-0.3, -0.25) is 19.2 Å². The number of ether oxygens (including phenoxy) is 2. The SMILES string of the molecule is CC(C)C(OC(=O)OC(C(=O)c1ccccc1/C=C/Cn1cccc1C(=O)c1ccccc1)C(C)C)C(=O)c1ccccc1/C=C/Cn1cccc1C(=O)c1ccccc1. The first kappa shape index (κ1) is 42.5. The fourth-order valence-electron chi connectivity index (χ4n) is 6.88. The van der Waals surface area contributed by atoms with Crippen molar-refractivity contribution in [3.05, 3.63) is 203 Å². The van der Waals surface area contributed by atoms with Crippen LogP contribution in [0.4, 0.5) is 4.79 Å². The standard InChI is InChI=1S/C51H48N2O7/c1-35(2)49(47(56)41-27-13-11-19-37(41)25-15-31-52-33-17-29-43(52)45(54)39-21-7-5-8-22-39)59-51(58)60-50(36(3)4)48(57)42-28-14-12-20-38(42)26-16-32-53-34-18-30-44(53)46(55)40-23-9-6-10-24-40/h5-30,33-36,49-50H,31-32H2,1-4H3/b25-15+,26-16+. The van der Waals surface area contributed by atoms with Crippen molar-refractivity contribution in [3.63, 3.8) is 0 Å². The molecule has 6 rings (SSSR count). The lowest BCUT2D eigenvalue weighted by molar-refractivity contribution is -0.0139. The number of hydrogen-bond acceptors (Lipinski definition) is 7. The predicted molar refractivity (Wildman–Crippen MR) is 233 cm³/mol. The molecule has 0 N–H and O–H groups in total. The van der Waals surface area contributed by atoms with E-state index in [1.807, 2.05) is 94.3 Å². The molecule has 0 saturated heterocycles. The van der Waals surface area contributed by atoms with Crippen LogP contribution >= 0.6 is 0 Å². The Morgan fingerprint density at radius 2 is 0.850 bits per heavy atom. The number of carbonyl (C=O) groups excluding carboxylic acids is 5. The zero-order valence-corrected chi connectivity index (χ0v) is 34.1. The Hall–Kier alpha value is -7.13. The summed E-state index contributed by atoms with van der Waals surface area (Å²) in [5, 5.41) is 0. The number of Topliss-reactive ketones (excluding diaryl/α,β-unsaturated/α-hetero) is 2. The first-order chi connectivity index (χ1) is 29.0. The van der Waals surface area contributed by atoms with Gasteiger partial charge in [0.1, 0.15) is 0 Å². The number of carbonyl (C=O) groups is 5. The molecule has 9 heteroatoms. The summed E-state index contributed by atoms with van der Waals surface area (Å²) in [6.07, 6.45) is 7.48. The molecule has 304 valence electrons. The first-order valence-corrected chi connectivity index (χ1v) is 20.0. The third-order valence-electron chi connectivity index (χ3n) is 10.0. The average Bonchev–Trinajstić information content (AvgIpc) is 3.94. The molecule has 9 nitrogen and oxygen atoms in total. The van der Waals surface area contributed by atoms with Crippen molar-refractivity contribution >= 4 is 41.4 Å². The Morgan fingerprint density at radius 1 is 0.483 bits per heavy atom. The molecular weight excluding hydrogens is 753 g/mol. The molecular formula is C51H48N2O7. The van der Waals surface area contributed by atoms with Crippen LogP contribution in [0.25, 0.3) is 12.2 Å². The van der Waals surface area contributed by atoms with Gasteiger partial charge in [0.2, 0.25) is 23.1 Å². The van der Waals surface area contributed by atoms with Crippen LogP contribution in [0.15, 0.2) is 158 Å². The molecule has 0 aliphatic heterocycles. The zero-order chi connectivity index (χ0) is 42.6. The minimum atomic E-state index is -1.20. The lowest BCUT2D eigenvalue weighted by atomic mass is 9.94. The molecule has 60 heavy (non-hydrogen) atoms. The number of aromatic nitrogens is 2. The highest BCUT2D eigenvalue weighted by molar-refractivity contribution is 6.09. The summed E-state index contributed by atoms with van der Waals surface area (Å²) in [7, 11) is 0. The van der Waals surface area contributed by atoms with Gasteiger partial charge in [-0.15, -0.1) is 0 Å². The molecule has 2 heterocycles. The maximum Gasteiger partial charge on any atom is 0.509 e. The van der Waals surface area contributed by atoms with Gasteiger partial charge in [-0.05, 0) is 47.2 Å². The number of nitrogens with zero attached hydrogens (tertiary/aromatic N) is 2. The molecule has 6 aromatic rings. The van der Waals surface area contributed by atoms with Crippen LogP contribution in [0.5, 0.6) is 0 Å². The molecule has 2 aromatic heterocycles. The Labute approximate surface area is 350 Å². The Kier molecular flexibility index (Phi) is 14.2. The fraction of sp³-hybridized carbons (Fsp3) is 0.196. The van der Waals surface area contributed by atoms with Crippen LogP contribution in [0.3, 0.4) is 0 Å². The van der Waals surface area contributed by atoms with Crippen molar-refractivity contribution in [2.75, 3.05) is 0 Å². The van der Waals surface area contributed by atoms with Crippen LogP contribution in [0, 0.1) is 11.8 Å². The third kappa shape index (κ3) is 10.3. The summed E-state index contributed by atoms with van der Waals surface area (Å²) < 4.78 is 15.1. The molecule has 0 bridgehead atoms. The second-order valence-electron chi connectivity index (χ2n) is 15.0. The fourth-order valence-corrected chi connectivity index (χ4v) is 6.88. The van der Waals surface area contributed by atoms with Crippen LogP contribution in [0.1, 0.15) is 91.6 Å². The van der Waals surface area contributed by atoms with Gasteiger partial charge in [0.15, 0.2) is 12.2 Å². The van der Waals surface area contributed by atoms with E-state index < -0.39 is 41.8 Å². The monoisotopic (exact) mass is 800 g/mol. The highest BCUT2D eigenvalue weighted by atomic mass is 16.7. The molecule has 0 amide bonds. The summed E-state index contributed by atoms with van der Waals surface area (Å²) in [4.78, 5) is 67.8. The molecule has 4 aromatic carbocycles. The average molecular weight is 801 g/mol. The Morgan fingerprint density at radius 3 is 1.23 bits per heavy atom. The largest absolute Gasteiger partial charge is 0.509 e. The highest BCUT2D eigenvalue weighted by Crippen LogP contribution is 2.23. The summed E-state index contributed by atoms with van der Waals surface area (Å²) in [6.45, 7) is 7.85. The van der Waals surface area contributed by atoms with Gasteiger partial charge in [0, 0.05) is 47.7 Å². The van der Waals surface area contributed by atoms with Gasteiger partial charge in [-0.1, -0.05) is 161 Å². The molecule has 0 aliphatic carbocycles. The summed E-state index contributed by atoms with van der Waals surface area (Å²) in [6, 6.07) is 39.4. The van der Waals surface area contributed by atoms with Crippen LogP contribution in [-0.4, -0.2) is 50.6 Å². The van der Waals surface area contributed by atoms with Gasteiger partial charge in [-0.2, -0.15) is 0 Å². The highest BCUT2D eigenvalue weighted by Gasteiger charge is 2.34. The van der Waals surface area contributed by atoms with Crippen LogP contribution in [0.2, 0.25) is 0 Å². The van der Waals surface area contributed by atoms with E-state index in [0.717, 1.165) is 0 Å². The van der Waals surface area contributed by atoms with E-state index in [9.17, 15) is 24.0 Å². The van der Waals surface area contributed by atoms with Crippen molar-refractivity contribution in [1.29, 1.82) is 0 Å². The van der Waals surface area contributed by atoms with E-state index in [1.54, 1.807) is 113 Å². The number of rotatable bonds is 18. The van der Waals surface area contributed by atoms with Crippen LogP contribution < -0.4 is 0 Å². The zero-order valence-electron chi connectivity index (χ0n) is 34.1. The minimum absolute atomic E-state index is 0.0903. The van der Waals surface area contributed by atoms with E-state index in [1.165, 1.54) is 0 Å². The number of ketones is 4. The summed E-state index contributed by atoms with van der Waals surface area (Å²) >= 11 is 0. The van der Waals surface area contributed by atoms with Crippen molar-refractivity contribution in [2.45, 2.75) is 53.0 Å². The van der Waals surface area contributed by atoms with Crippen molar-refractivity contribution in [3.8, 4) is 0 Å². The molecule has 0 radical (unpaired) electrons. The maximum atomic E-state index is 14.1. The van der Waals surface area contributed by atoms with Gasteiger partial charge in [0.25, 0.3) is 0 Å². The summed E-state index contributed by atoms with van der Waals surface area (Å²) in [5.74, 6) is -1.85. The molecule has 0 spiro atoms. The molecule has 2 atom stereocenters. The van der Waals surface area contributed by atoms with Gasteiger partial charge in [-0.25, -0.2) is 4.79 Å². The molecule has 2 unspecified atom stereocenters. The van der Waals surface area contributed by atoms with E-state index in [4.69, 9.17) is 9.47 Å². The smallest absolute Gasteiger partial charge is 0.422 e. The van der Waals surface area contributed by atoms with Crippen LogP contribution in [-0.2, 0) is 22.6 Å². The summed E-state index contributed by atoms with van der Waals surface area (Å²) in [5.41, 5.74) is 4.20. The van der Waals surface area contributed by atoms with E-state index >= 15 is 0 Å². The molecule has 0 aliphatic rings. The number of benzene rings is 4. The third-order valence-corrected chi connectivity index (χ3v) is 10.0. The molecule has 0 fully saturated rings. The topological polar surface area (TPSA) is 114 Å². The van der Waals surface area contributed by atoms with Crippen molar-refractivity contribution in [1.82, 2.24) is 9.13 Å². The second-order valence-corrected chi connectivity index (χ2v) is 15.0. The van der Waals surface area contributed by atoms with E-state index in [2.05, 4.69) is 0 Å². The number of hydrogen-bond donors (Lipinski definition) is 0. The lowest BCUT2D eigenvalue weighted by Crippen LogP contribution is -2.37. The lowest BCUT2D eigenvalue weighted by Gasteiger charge is -2.24. The second kappa shape index (κ2) is 20.0. The van der Waals surface area contributed by atoms with Crippen molar-refractivity contribution in [2.24, 2.45) is 11.8 Å². The van der Waals surface area contributed by atoms with Gasteiger partial charge >= 0.3 is 6.16 Å². The quantitative estimate of drug-likeness (QED) is 0.0628.